The van der Waals surface area contributed by atoms with Crippen molar-refractivity contribution < 1.29 is 4.84 Å². The van der Waals surface area contributed by atoms with Gasteiger partial charge >= 0.3 is 0 Å². The second-order valence-electron chi connectivity index (χ2n) is 6.10. The lowest BCUT2D eigenvalue weighted by molar-refractivity contribution is 0.00587. The highest BCUT2D eigenvalue weighted by Crippen LogP contribution is 2.24. The van der Waals surface area contributed by atoms with Crippen molar-refractivity contribution in [1.29, 1.82) is 0 Å². The molecule has 0 N–H and O–H groups in total. The average Bonchev–Trinajstić information content (AvgIpc) is 2.82. The summed E-state index contributed by atoms with van der Waals surface area (Å²) in [4.78, 5) is 27.2. The summed E-state index contributed by atoms with van der Waals surface area (Å²) in [5.74, 6) is 0.667. The van der Waals surface area contributed by atoms with E-state index in [1.54, 1.807) is 12.3 Å². The molecule has 0 fully saturated rings. The van der Waals surface area contributed by atoms with Crippen LogP contribution < -0.4 is 10.4 Å². The van der Waals surface area contributed by atoms with Gasteiger partial charge in [0.15, 0.2) is 5.82 Å². The summed E-state index contributed by atoms with van der Waals surface area (Å²) < 4.78 is 1.32. The third-order valence-corrected chi connectivity index (χ3v) is 3.78. The average molecular weight is 293 g/mol. The molecule has 0 atom stereocenters. The van der Waals surface area contributed by atoms with Crippen LogP contribution >= 0.6 is 0 Å². The predicted molar refractivity (Wildman–Crippen MR) is 83.6 cm³/mol. The SMILES string of the molecule is CC1(C)Cc2nc3cc(-c4ccccn4)ccc3c(=O)n2O1. The van der Waals surface area contributed by atoms with Crippen LogP contribution in [0.5, 0.6) is 0 Å². The molecule has 5 heteroatoms. The smallest absolute Gasteiger partial charge is 0.294 e. The van der Waals surface area contributed by atoms with Crippen molar-refractivity contribution in [3.05, 3.63) is 58.8 Å². The number of hydrogen-bond donors (Lipinski definition) is 0. The Morgan fingerprint density at radius 2 is 2.09 bits per heavy atom. The molecule has 4 rings (SSSR count). The number of pyridine rings is 1. The van der Waals surface area contributed by atoms with Gasteiger partial charge in [0.25, 0.3) is 5.56 Å². The topological polar surface area (TPSA) is 57.0 Å². The van der Waals surface area contributed by atoms with Crippen molar-refractivity contribution in [1.82, 2.24) is 14.7 Å². The Morgan fingerprint density at radius 3 is 2.86 bits per heavy atom. The Morgan fingerprint density at radius 1 is 1.23 bits per heavy atom. The van der Waals surface area contributed by atoms with Crippen LogP contribution in [0, 0.1) is 0 Å². The molecule has 0 bridgehead atoms. The maximum atomic E-state index is 12.5. The predicted octanol–water partition coefficient (Wildman–Crippen LogP) is 2.22. The van der Waals surface area contributed by atoms with Crippen LogP contribution in [0.3, 0.4) is 0 Å². The Balaban J connectivity index is 1.93. The Hall–Kier alpha value is -2.69. The van der Waals surface area contributed by atoms with Gasteiger partial charge in [0.05, 0.1) is 23.0 Å². The molecule has 0 radical (unpaired) electrons. The molecule has 0 amide bonds. The van der Waals surface area contributed by atoms with E-state index in [0.717, 1.165) is 11.3 Å². The minimum absolute atomic E-state index is 0.154. The van der Waals surface area contributed by atoms with Crippen molar-refractivity contribution in [2.45, 2.75) is 25.9 Å². The molecule has 1 aliphatic heterocycles. The maximum Gasteiger partial charge on any atom is 0.294 e. The molecule has 0 saturated heterocycles. The Labute approximate surface area is 127 Å². The number of aromatic nitrogens is 3. The van der Waals surface area contributed by atoms with E-state index in [9.17, 15) is 4.79 Å². The van der Waals surface area contributed by atoms with Crippen LogP contribution in [-0.2, 0) is 6.42 Å². The van der Waals surface area contributed by atoms with Crippen LogP contribution in [0.1, 0.15) is 19.7 Å². The Kier molecular flexibility index (Phi) is 2.60. The van der Waals surface area contributed by atoms with Gasteiger partial charge in [-0.2, -0.15) is 0 Å². The molecule has 1 aromatic carbocycles. The van der Waals surface area contributed by atoms with Crippen molar-refractivity contribution >= 4 is 10.9 Å². The second-order valence-corrected chi connectivity index (χ2v) is 6.10. The van der Waals surface area contributed by atoms with E-state index in [0.29, 0.717) is 23.1 Å². The molecule has 110 valence electrons. The van der Waals surface area contributed by atoms with E-state index in [1.807, 2.05) is 44.2 Å². The molecule has 0 aliphatic carbocycles. The summed E-state index contributed by atoms with van der Waals surface area (Å²) in [5, 5.41) is 0.557. The van der Waals surface area contributed by atoms with Gasteiger partial charge in [-0.3, -0.25) is 9.78 Å². The Bertz CT molecular complexity index is 930. The van der Waals surface area contributed by atoms with E-state index in [1.165, 1.54) is 4.73 Å². The van der Waals surface area contributed by atoms with Crippen molar-refractivity contribution in [2.24, 2.45) is 0 Å². The summed E-state index contributed by atoms with van der Waals surface area (Å²) in [6.45, 7) is 3.90. The highest BCUT2D eigenvalue weighted by Gasteiger charge is 2.33. The monoisotopic (exact) mass is 293 g/mol. The molecule has 22 heavy (non-hydrogen) atoms. The molecular formula is C17H15N3O2. The minimum Gasteiger partial charge on any atom is -0.403 e. The maximum absolute atomic E-state index is 12.5. The third-order valence-electron chi connectivity index (χ3n) is 3.78. The first kappa shape index (κ1) is 13.0. The van der Waals surface area contributed by atoms with E-state index < -0.39 is 5.60 Å². The molecular weight excluding hydrogens is 278 g/mol. The first-order chi connectivity index (χ1) is 10.5. The van der Waals surface area contributed by atoms with Gasteiger partial charge < -0.3 is 4.84 Å². The molecule has 0 saturated carbocycles. The second kappa shape index (κ2) is 4.40. The number of fused-ring (bicyclic) bond motifs is 2. The van der Waals surface area contributed by atoms with Crippen LogP contribution in [-0.4, -0.2) is 20.3 Å². The van der Waals surface area contributed by atoms with Crippen LogP contribution in [0.25, 0.3) is 22.2 Å². The van der Waals surface area contributed by atoms with Gasteiger partial charge in [-0.25, -0.2) is 4.98 Å². The fourth-order valence-corrected chi connectivity index (χ4v) is 2.77. The van der Waals surface area contributed by atoms with Gasteiger partial charge in [-0.05, 0) is 38.1 Å². The molecule has 0 unspecified atom stereocenters. The van der Waals surface area contributed by atoms with Gasteiger partial charge in [0.2, 0.25) is 0 Å². The number of nitrogens with zero attached hydrogens (tertiary/aromatic N) is 3. The first-order valence-corrected chi connectivity index (χ1v) is 7.20. The summed E-state index contributed by atoms with van der Waals surface area (Å²) in [6, 6.07) is 11.3. The summed E-state index contributed by atoms with van der Waals surface area (Å²) in [6.07, 6.45) is 2.37. The summed E-state index contributed by atoms with van der Waals surface area (Å²) in [7, 11) is 0. The van der Waals surface area contributed by atoms with Crippen LogP contribution in [0.4, 0.5) is 0 Å². The summed E-state index contributed by atoms with van der Waals surface area (Å²) >= 11 is 0. The van der Waals surface area contributed by atoms with Gasteiger partial charge in [0.1, 0.15) is 5.60 Å². The minimum atomic E-state index is -0.402. The lowest BCUT2D eigenvalue weighted by Crippen LogP contribution is -2.33. The van der Waals surface area contributed by atoms with Gasteiger partial charge in [-0.1, -0.05) is 12.1 Å². The fourth-order valence-electron chi connectivity index (χ4n) is 2.77. The normalized spacial score (nSPS) is 15.5. The zero-order valence-electron chi connectivity index (χ0n) is 12.4. The van der Waals surface area contributed by atoms with Crippen molar-refractivity contribution in [3.8, 4) is 11.3 Å². The van der Waals surface area contributed by atoms with Gasteiger partial charge in [-0.15, -0.1) is 4.73 Å². The van der Waals surface area contributed by atoms with E-state index in [2.05, 4.69) is 9.97 Å². The lowest BCUT2D eigenvalue weighted by atomic mass is 10.1. The first-order valence-electron chi connectivity index (χ1n) is 7.20. The van der Waals surface area contributed by atoms with E-state index in [-0.39, 0.29) is 5.56 Å². The molecule has 5 nitrogen and oxygen atoms in total. The quantitative estimate of drug-likeness (QED) is 0.690. The van der Waals surface area contributed by atoms with E-state index in [4.69, 9.17) is 4.84 Å². The highest BCUT2D eigenvalue weighted by atomic mass is 16.7. The lowest BCUT2D eigenvalue weighted by Gasteiger charge is -2.15. The third kappa shape index (κ3) is 1.97. The number of rotatable bonds is 1. The van der Waals surface area contributed by atoms with Crippen molar-refractivity contribution in [2.75, 3.05) is 0 Å². The van der Waals surface area contributed by atoms with Crippen molar-refractivity contribution in [3.63, 3.8) is 0 Å². The standard InChI is InChI=1S/C17H15N3O2/c1-17(2)10-15-19-14-9-11(13-5-3-4-8-18-13)6-7-12(14)16(21)20(15)22-17/h3-9H,10H2,1-2H3. The molecule has 2 aromatic heterocycles. The number of benzene rings is 1. The highest BCUT2D eigenvalue weighted by molar-refractivity contribution is 5.82. The van der Waals surface area contributed by atoms with Gasteiger partial charge in [0, 0.05) is 11.8 Å². The molecule has 3 aromatic rings. The van der Waals surface area contributed by atoms with Crippen LogP contribution in [0.2, 0.25) is 0 Å². The summed E-state index contributed by atoms with van der Waals surface area (Å²) in [5.41, 5.74) is 1.94. The molecule has 1 aliphatic rings. The fraction of sp³-hybridized carbons (Fsp3) is 0.235. The number of hydrogen-bond acceptors (Lipinski definition) is 4. The zero-order valence-corrected chi connectivity index (χ0v) is 12.4. The van der Waals surface area contributed by atoms with Crippen LogP contribution in [0.15, 0.2) is 47.4 Å². The van der Waals surface area contributed by atoms with E-state index >= 15 is 0 Å². The molecule has 0 spiro atoms. The largest absolute Gasteiger partial charge is 0.403 e. The molecule has 3 heterocycles. The zero-order chi connectivity index (χ0) is 15.3.